The summed E-state index contributed by atoms with van der Waals surface area (Å²) in [5, 5.41) is 0. The van der Waals surface area contributed by atoms with Crippen molar-refractivity contribution in [3.63, 3.8) is 0 Å². The van der Waals surface area contributed by atoms with Gasteiger partial charge in [0.25, 0.3) is 5.91 Å². The van der Waals surface area contributed by atoms with Gasteiger partial charge in [-0.15, -0.1) is 0 Å². The van der Waals surface area contributed by atoms with Gasteiger partial charge in [-0.2, -0.15) is 0 Å². The van der Waals surface area contributed by atoms with Gasteiger partial charge in [0.2, 0.25) is 11.8 Å². The standard InChI is InChI=1S/C19H22N2O6/c1-26-11-6-7-14(17(20)23)15(10-11)27-16(22)8-9-21-18(24)12-4-2-3-5-13(12)19(21)25/h6-7,10,12-13H,2-5,8-9H2,1H3,(H2,20,23)/t12-,13-/m0/s1. The van der Waals surface area contributed by atoms with Crippen LogP contribution in [0.4, 0.5) is 0 Å². The van der Waals surface area contributed by atoms with E-state index in [0.717, 1.165) is 25.7 Å². The number of amides is 3. The number of nitrogens with zero attached hydrogens (tertiary/aromatic N) is 1. The number of fused-ring (bicyclic) bond motifs is 1. The van der Waals surface area contributed by atoms with Crippen LogP contribution in [0.5, 0.6) is 11.5 Å². The zero-order valence-corrected chi connectivity index (χ0v) is 15.1. The van der Waals surface area contributed by atoms with E-state index in [0.29, 0.717) is 5.75 Å². The minimum Gasteiger partial charge on any atom is -0.497 e. The van der Waals surface area contributed by atoms with Gasteiger partial charge in [0.1, 0.15) is 11.5 Å². The number of rotatable bonds is 6. The van der Waals surface area contributed by atoms with Crippen LogP contribution in [0.1, 0.15) is 42.5 Å². The number of carbonyl (C=O) groups is 4. The Morgan fingerprint density at radius 2 is 1.78 bits per heavy atom. The van der Waals surface area contributed by atoms with E-state index in [9.17, 15) is 19.2 Å². The fourth-order valence-corrected chi connectivity index (χ4v) is 3.75. The summed E-state index contributed by atoms with van der Waals surface area (Å²) in [5.41, 5.74) is 5.34. The molecule has 0 bridgehead atoms. The molecule has 1 saturated carbocycles. The number of benzene rings is 1. The smallest absolute Gasteiger partial charge is 0.313 e. The summed E-state index contributed by atoms with van der Waals surface area (Å²) in [7, 11) is 1.44. The molecular weight excluding hydrogens is 352 g/mol. The normalized spacial score (nSPS) is 21.7. The number of ether oxygens (including phenoxy) is 2. The van der Waals surface area contributed by atoms with E-state index in [2.05, 4.69) is 0 Å². The molecule has 2 atom stereocenters. The number of nitrogens with two attached hydrogens (primary N) is 1. The Morgan fingerprint density at radius 1 is 1.15 bits per heavy atom. The molecule has 1 aromatic carbocycles. The van der Waals surface area contributed by atoms with Crippen LogP contribution in [-0.2, 0) is 14.4 Å². The molecule has 2 aliphatic rings. The molecule has 144 valence electrons. The van der Waals surface area contributed by atoms with Crippen LogP contribution in [0.25, 0.3) is 0 Å². The quantitative estimate of drug-likeness (QED) is 0.455. The van der Waals surface area contributed by atoms with Crippen molar-refractivity contribution in [1.29, 1.82) is 0 Å². The summed E-state index contributed by atoms with van der Waals surface area (Å²) < 4.78 is 10.3. The number of primary amides is 1. The van der Waals surface area contributed by atoms with Crippen LogP contribution in [0.3, 0.4) is 0 Å². The third-order valence-corrected chi connectivity index (χ3v) is 5.15. The molecule has 0 unspecified atom stereocenters. The van der Waals surface area contributed by atoms with Crippen LogP contribution in [0.2, 0.25) is 0 Å². The van der Waals surface area contributed by atoms with Gasteiger partial charge in [-0.25, -0.2) is 0 Å². The highest BCUT2D eigenvalue weighted by molar-refractivity contribution is 6.05. The Morgan fingerprint density at radius 3 is 2.33 bits per heavy atom. The van der Waals surface area contributed by atoms with Crippen LogP contribution in [-0.4, -0.2) is 42.2 Å². The molecule has 0 aromatic heterocycles. The molecule has 3 rings (SSSR count). The molecule has 1 aromatic rings. The fourth-order valence-electron chi connectivity index (χ4n) is 3.75. The maximum atomic E-state index is 12.4. The first-order valence-electron chi connectivity index (χ1n) is 8.96. The Hall–Kier alpha value is -2.90. The molecule has 2 N–H and O–H groups in total. The Labute approximate surface area is 156 Å². The Bertz CT molecular complexity index is 766. The second-order valence-electron chi connectivity index (χ2n) is 6.78. The van der Waals surface area contributed by atoms with Gasteiger partial charge >= 0.3 is 5.97 Å². The van der Waals surface area contributed by atoms with Gasteiger partial charge in [-0.05, 0) is 25.0 Å². The van der Waals surface area contributed by atoms with Gasteiger partial charge in [-0.1, -0.05) is 12.8 Å². The van der Waals surface area contributed by atoms with E-state index in [-0.39, 0.29) is 47.9 Å². The minimum atomic E-state index is -0.741. The van der Waals surface area contributed by atoms with E-state index < -0.39 is 11.9 Å². The van der Waals surface area contributed by atoms with Gasteiger partial charge in [0.05, 0.1) is 30.9 Å². The maximum absolute atomic E-state index is 12.4. The summed E-state index contributed by atoms with van der Waals surface area (Å²) in [5.74, 6) is -1.91. The number of likely N-dealkylation sites (tertiary alicyclic amines) is 1. The first-order chi connectivity index (χ1) is 12.9. The van der Waals surface area contributed by atoms with Crippen molar-refractivity contribution in [2.45, 2.75) is 32.1 Å². The Kier molecular flexibility index (Phi) is 5.43. The molecule has 1 heterocycles. The zero-order chi connectivity index (χ0) is 19.6. The Balaban J connectivity index is 1.64. The summed E-state index contributed by atoms with van der Waals surface area (Å²) in [6, 6.07) is 4.32. The average Bonchev–Trinajstić information content (AvgIpc) is 2.90. The van der Waals surface area contributed by atoms with Gasteiger partial charge < -0.3 is 15.2 Å². The van der Waals surface area contributed by atoms with E-state index >= 15 is 0 Å². The van der Waals surface area contributed by atoms with Gasteiger partial charge in [0, 0.05) is 12.6 Å². The third-order valence-electron chi connectivity index (χ3n) is 5.15. The van der Waals surface area contributed by atoms with Gasteiger partial charge in [-0.3, -0.25) is 24.1 Å². The largest absolute Gasteiger partial charge is 0.497 e. The summed E-state index contributed by atoms with van der Waals surface area (Å²) in [4.78, 5) is 49.7. The molecule has 1 saturated heterocycles. The first-order valence-corrected chi connectivity index (χ1v) is 8.96. The van der Waals surface area contributed by atoms with E-state index in [1.807, 2.05) is 0 Å². The lowest BCUT2D eigenvalue weighted by atomic mass is 9.81. The highest BCUT2D eigenvalue weighted by Gasteiger charge is 2.47. The zero-order valence-electron chi connectivity index (χ0n) is 15.1. The number of hydrogen-bond acceptors (Lipinski definition) is 6. The predicted molar refractivity (Wildman–Crippen MR) is 93.9 cm³/mol. The van der Waals surface area contributed by atoms with Crippen molar-refractivity contribution in [1.82, 2.24) is 4.90 Å². The number of esters is 1. The van der Waals surface area contributed by atoms with Crippen molar-refractivity contribution >= 4 is 23.7 Å². The lowest BCUT2D eigenvalue weighted by molar-refractivity contribution is -0.141. The summed E-state index contributed by atoms with van der Waals surface area (Å²) >= 11 is 0. The van der Waals surface area contributed by atoms with Crippen molar-refractivity contribution in [2.75, 3.05) is 13.7 Å². The minimum absolute atomic E-state index is 0.0143. The van der Waals surface area contributed by atoms with Crippen LogP contribution in [0, 0.1) is 11.8 Å². The molecule has 0 radical (unpaired) electrons. The molecule has 2 fully saturated rings. The molecule has 1 aliphatic carbocycles. The first kappa shape index (κ1) is 18.9. The van der Waals surface area contributed by atoms with Crippen molar-refractivity contribution < 1.29 is 28.7 Å². The van der Waals surface area contributed by atoms with Crippen molar-refractivity contribution in [2.24, 2.45) is 17.6 Å². The second-order valence-corrected chi connectivity index (χ2v) is 6.78. The maximum Gasteiger partial charge on any atom is 0.313 e. The number of hydrogen-bond donors (Lipinski definition) is 1. The monoisotopic (exact) mass is 374 g/mol. The number of imide groups is 1. The van der Waals surface area contributed by atoms with Crippen molar-refractivity contribution in [3.8, 4) is 11.5 Å². The highest BCUT2D eigenvalue weighted by Crippen LogP contribution is 2.38. The fraction of sp³-hybridized carbons (Fsp3) is 0.474. The molecule has 0 spiro atoms. The lowest BCUT2D eigenvalue weighted by Crippen LogP contribution is -2.33. The van der Waals surface area contributed by atoms with Crippen LogP contribution in [0.15, 0.2) is 18.2 Å². The van der Waals surface area contributed by atoms with E-state index in [1.54, 1.807) is 0 Å². The van der Waals surface area contributed by atoms with Gasteiger partial charge in [0.15, 0.2) is 0 Å². The molecule has 8 heteroatoms. The molecule has 3 amide bonds. The highest BCUT2D eigenvalue weighted by atomic mass is 16.5. The van der Waals surface area contributed by atoms with E-state index in [4.69, 9.17) is 15.2 Å². The summed E-state index contributed by atoms with van der Waals surface area (Å²) in [6.45, 7) is -0.0284. The summed E-state index contributed by atoms with van der Waals surface area (Å²) in [6.07, 6.45) is 3.18. The SMILES string of the molecule is COc1ccc(C(N)=O)c(OC(=O)CCN2C(=O)[C@H]3CCCC[C@@H]3C2=O)c1. The molecule has 8 nitrogen and oxygen atoms in total. The average molecular weight is 374 g/mol. The topological polar surface area (TPSA) is 116 Å². The van der Waals surface area contributed by atoms with Crippen molar-refractivity contribution in [3.05, 3.63) is 23.8 Å². The van der Waals surface area contributed by atoms with E-state index in [1.165, 1.54) is 30.2 Å². The van der Waals surface area contributed by atoms with Crippen LogP contribution >= 0.6 is 0 Å². The second kappa shape index (κ2) is 7.77. The molecule has 27 heavy (non-hydrogen) atoms. The van der Waals surface area contributed by atoms with Crippen LogP contribution < -0.4 is 15.2 Å². The lowest BCUT2D eigenvalue weighted by Gasteiger charge is -2.19. The molecule has 1 aliphatic heterocycles. The number of carbonyl (C=O) groups excluding carboxylic acids is 4. The predicted octanol–water partition coefficient (Wildman–Crippen LogP) is 1.26. The molecular formula is C19H22N2O6. The third kappa shape index (κ3) is 3.79. The number of methoxy groups -OCH3 is 1.